The van der Waals surface area contributed by atoms with Crippen molar-refractivity contribution in [3.05, 3.63) is 34.3 Å². The summed E-state index contributed by atoms with van der Waals surface area (Å²) in [7, 11) is 0. The monoisotopic (exact) mass is 430 g/mol. The molecule has 2 aliphatic heterocycles. The molecule has 8 nitrogen and oxygen atoms in total. The Bertz CT molecular complexity index is 895. The normalized spacial score (nSPS) is 18.8. The largest absolute Gasteiger partial charge is 0.383 e. The van der Waals surface area contributed by atoms with E-state index in [0.717, 1.165) is 30.4 Å². The van der Waals surface area contributed by atoms with Gasteiger partial charge in [-0.1, -0.05) is 15.9 Å². The lowest BCUT2D eigenvalue weighted by Crippen LogP contribution is -2.33. The van der Waals surface area contributed by atoms with E-state index in [1.54, 1.807) is 12.1 Å². The van der Waals surface area contributed by atoms with Gasteiger partial charge in [0.15, 0.2) is 0 Å². The van der Waals surface area contributed by atoms with E-state index in [4.69, 9.17) is 5.73 Å². The van der Waals surface area contributed by atoms with E-state index in [0.29, 0.717) is 23.0 Å². The molecule has 2 aromatic rings. The third-order valence-corrected chi connectivity index (χ3v) is 5.30. The first kappa shape index (κ1) is 17.7. The Kier molecular flexibility index (Phi) is 4.69. The molecule has 1 unspecified atom stereocenters. The Morgan fingerprint density at radius 1 is 1.22 bits per heavy atom. The molecule has 1 aromatic carbocycles. The number of carbonyl (C=O) groups excluding carboxylic acids is 2. The van der Waals surface area contributed by atoms with Crippen molar-refractivity contribution in [3.8, 4) is 0 Å². The highest BCUT2D eigenvalue weighted by atomic mass is 79.9. The number of benzene rings is 1. The maximum atomic E-state index is 12.8. The molecule has 2 aliphatic rings. The minimum absolute atomic E-state index is 0.00593. The fourth-order valence-electron chi connectivity index (χ4n) is 3.43. The lowest BCUT2D eigenvalue weighted by molar-refractivity contribution is -0.123. The second-order valence-corrected chi connectivity index (χ2v) is 7.58. The van der Waals surface area contributed by atoms with E-state index in [1.807, 2.05) is 17.0 Å². The van der Waals surface area contributed by atoms with Gasteiger partial charge in [0.2, 0.25) is 17.8 Å². The molecule has 9 heteroatoms. The molecule has 0 radical (unpaired) electrons. The number of hydrogen-bond acceptors (Lipinski definition) is 6. The Morgan fingerprint density at radius 3 is 2.63 bits per heavy atom. The molecule has 27 heavy (non-hydrogen) atoms. The lowest BCUT2D eigenvalue weighted by atomic mass is 9.92. The number of nitrogens with zero attached hydrogens (tertiary/aromatic N) is 3. The standard InChI is InChI=1S/C18H19BrN6O2/c19-10-3-5-11(6-4-10)21-17(27)12-9-13(26)22-16-14(12)15(20)23-18(24-16)25-7-1-2-8-25/h3-6,12H,1-2,7-9H2,(H,21,27)(H3,20,22,23,24,26). The van der Waals surface area contributed by atoms with Crippen molar-refractivity contribution < 1.29 is 9.59 Å². The van der Waals surface area contributed by atoms with Crippen LogP contribution in [-0.2, 0) is 9.59 Å². The van der Waals surface area contributed by atoms with Gasteiger partial charge >= 0.3 is 0 Å². The van der Waals surface area contributed by atoms with Gasteiger partial charge in [-0.2, -0.15) is 9.97 Å². The van der Waals surface area contributed by atoms with Crippen LogP contribution in [0, 0.1) is 0 Å². The van der Waals surface area contributed by atoms with Crippen LogP contribution in [0.3, 0.4) is 0 Å². The highest BCUT2D eigenvalue weighted by Crippen LogP contribution is 2.37. The Labute approximate surface area is 164 Å². The molecular formula is C18H19BrN6O2. The fourth-order valence-corrected chi connectivity index (χ4v) is 3.69. The minimum atomic E-state index is -0.731. The summed E-state index contributed by atoms with van der Waals surface area (Å²) in [5.41, 5.74) is 7.30. The number of hydrogen-bond donors (Lipinski definition) is 3. The van der Waals surface area contributed by atoms with Crippen LogP contribution < -0.4 is 21.3 Å². The van der Waals surface area contributed by atoms with E-state index in [9.17, 15) is 9.59 Å². The van der Waals surface area contributed by atoms with Gasteiger partial charge < -0.3 is 21.3 Å². The number of fused-ring (bicyclic) bond motifs is 1. The summed E-state index contributed by atoms with van der Waals surface area (Å²) in [6, 6.07) is 7.22. The molecule has 0 spiro atoms. The third-order valence-electron chi connectivity index (χ3n) is 4.78. The van der Waals surface area contributed by atoms with Gasteiger partial charge in [-0.25, -0.2) is 0 Å². The summed E-state index contributed by atoms with van der Waals surface area (Å²) in [6.07, 6.45) is 2.15. The second kappa shape index (κ2) is 7.15. The molecular weight excluding hydrogens is 412 g/mol. The second-order valence-electron chi connectivity index (χ2n) is 6.67. The average Bonchev–Trinajstić information content (AvgIpc) is 3.17. The number of nitrogens with one attached hydrogen (secondary N) is 2. The SMILES string of the molecule is Nc1nc(N2CCCC2)nc2c1C(C(=O)Nc1ccc(Br)cc1)CC(=O)N2. The lowest BCUT2D eigenvalue weighted by Gasteiger charge is -2.26. The number of carbonyl (C=O) groups is 2. The molecule has 0 bridgehead atoms. The summed E-state index contributed by atoms with van der Waals surface area (Å²) >= 11 is 3.36. The predicted molar refractivity (Wildman–Crippen MR) is 107 cm³/mol. The first-order valence-corrected chi connectivity index (χ1v) is 9.59. The Balaban J connectivity index is 1.64. The number of halogens is 1. The summed E-state index contributed by atoms with van der Waals surface area (Å²) in [4.78, 5) is 35.9. The molecule has 4 N–H and O–H groups in total. The molecule has 2 amide bonds. The van der Waals surface area contributed by atoms with Crippen molar-refractivity contribution >= 4 is 51.0 Å². The van der Waals surface area contributed by atoms with Gasteiger partial charge in [0.05, 0.1) is 11.5 Å². The van der Waals surface area contributed by atoms with Gasteiger partial charge in [0, 0.05) is 29.7 Å². The zero-order valence-corrected chi connectivity index (χ0v) is 16.1. The first-order chi connectivity index (χ1) is 13.0. The van der Waals surface area contributed by atoms with Crippen LogP contribution in [0.25, 0.3) is 0 Å². The number of rotatable bonds is 3. The summed E-state index contributed by atoms with van der Waals surface area (Å²) < 4.78 is 0.912. The van der Waals surface area contributed by atoms with Crippen LogP contribution in [0.2, 0.25) is 0 Å². The van der Waals surface area contributed by atoms with E-state index in [1.165, 1.54) is 0 Å². The molecule has 1 aromatic heterocycles. The van der Waals surface area contributed by atoms with Gasteiger partial charge in [-0.05, 0) is 37.1 Å². The highest BCUT2D eigenvalue weighted by Gasteiger charge is 2.35. The zero-order valence-electron chi connectivity index (χ0n) is 14.5. The molecule has 1 saturated heterocycles. The maximum Gasteiger partial charge on any atom is 0.232 e. The van der Waals surface area contributed by atoms with Crippen molar-refractivity contribution in [3.63, 3.8) is 0 Å². The zero-order chi connectivity index (χ0) is 19.0. The van der Waals surface area contributed by atoms with Crippen LogP contribution in [-0.4, -0.2) is 34.9 Å². The fraction of sp³-hybridized carbons (Fsp3) is 0.333. The molecule has 3 heterocycles. The predicted octanol–water partition coefficient (Wildman–Crippen LogP) is 2.49. The molecule has 0 saturated carbocycles. The van der Waals surface area contributed by atoms with Gasteiger partial charge in [0.1, 0.15) is 11.6 Å². The molecule has 140 valence electrons. The highest BCUT2D eigenvalue weighted by molar-refractivity contribution is 9.10. The van der Waals surface area contributed by atoms with Crippen molar-refractivity contribution in [2.24, 2.45) is 0 Å². The number of amides is 2. The topological polar surface area (TPSA) is 113 Å². The third kappa shape index (κ3) is 3.59. The van der Waals surface area contributed by atoms with Crippen LogP contribution in [0.1, 0.15) is 30.7 Å². The Hall–Kier alpha value is -2.68. The summed E-state index contributed by atoms with van der Waals surface area (Å²) in [5.74, 6) is -0.237. The van der Waals surface area contributed by atoms with Crippen LogP contribution >= 0.6 is 15.9 Å². The smallest absolute Gasteiger partial charge is 0.232 e. The number of nitrogens with two attached hydrogens (primary N) is 1. The van der Waals surface area contributed by atoms with Crippen molar-refractivity contribution in [2.45, 2.75) is 25.2 Å². The van der Waals surface area contributed by atoms with Crippen molar-refractivity contribution in [1.29, 1.82) is 0 Å². The van der Waals surface area contributed by atoms with Crippen LogP contribution in [0.15, 0.2) is 28.7 Å². The van der Waals surface area contributed by atoms with Gasteiger partial charge in [0.25, 0.3) is 0 Å². The minimum Gasteiger partial charge on any atom is -0.383 e. The van der Waals surface area contributed by atoms with E-state index >= 15 is 0 Å². The molecule has 1 atom stereocenters. The van der Waals surface area contributed by atoms with Crippen LogP contribution in [0.5, 0.6) is 0 Å². The molecule has 4 rings (SSSR count). The summed E-state index contributed by atoms with van der Waals surface area (Å²) in [5, 5.41) is 5.57. The Morgan fingerprint density at radius 2 is 1.93 bits per heavy atom. The first-order valence-electron chi connectivity index (χ1n) is 8.80. The van der Waals surface area contributed by atoms with E-state index in [-0.39, 0.29) is 24.1 Å². The number of nitrogen functional groups attached to an aromatic ring is 1. The van der Waals surface area contributed by atoms with Crippen LogP contribution in [0.4, 0.5) is 23.3 Å². The van der Waals surface area contributed by atoms with E-state index in [2.05, 4.69) is 36.5 Å². The summed E-state index contributed by atoms with van der Waals surface area (Å²) in [6.45, 7) is 1.72. The average molecular weight is 431 g/mol. The molecule has 1 fully saturated rings. The van der Waals surface area contributed by atoms with Crippen molar-refractivity contribution in [1.82, 2.24) is 9.97 Å². The quantitative estimate of drug-likeness (QED) is 0.688. The van der Waals surface area contributed by atoms with E-state index < -0.39 is 5.92 Å². The van der Waals surface area contributed by atoms with Gasteiger partial charge in [-0.15, -0.1) is 0 Å². The maximum absolute atomic E-state index is 12.8. The number of anilines is 4. The molecule has 0 aliphatic carbocycles. The van der Waals surface area contributed by atoms with Crippen molar-refractivity contribution in [2.75, 3.05) is 34.4 Å². The number of aromatic nitrogens is 2. The van der Waals surface area contributed by atoms with Gasteiger partial charge in [-0.3, -0.25) is 9.59 Å².